The maximum Gasteiger partial charge on any atom is 0.271 e. The first-order valence-electron chi connectivity index (χ1n) is 8.90. The zero-order valence-electron chi connectivity index (χ0n) is 14.7. The highest BCUT2D eigenvalue weighted by atomic mass is 16.5. The number of likely N-dealkylation sites (tertiary alicyclic amines) is 1. The molecule has 1 aliphatic rings. The number of ether oxygens (including phenoxy) is 1. The van der Waals surface area contributed by atoms with E-state index in [1.54, 1.807) is 18.3 Å². The van der Waals surface area contributed by atoms with Gasteiger partial charge in [0.05, 0.1) is 11.6 Å². The van der Waals surface area contributed by atoms with Crippen LogP contribution in [0.25, 0.3) is 10.9 Å². The number of primary amides is 1. The summed E-state index contributed by atoms with van der Waals surface area (Å²) >= 11 is 0. The van der Waals surface area contributed by atoms with Gasteiger partial charge in [0.2, 0.25) is 0 Å². The Morgan fingerprint density at radius 1 is 1.26 bits per heavy atom. The average Bonchev–Trinajstić information content (AvgIpc) is 3.33. The molecular weight excluding hydrogens is 344 g/mol. The number of aromatic nitrogens is 2. The van der Waals surface area contributed by atoms with E-state index in [-0.39, 0.29) is 17.6 Å². The summed E-state index contributed by atoms with van der Waals surface area (Å²) in [5.74, 6) is -0.306. The highest BCUT2D eigenvalue weighted by Crippen LogP contribution is 2.25. The highest BCUT2D eigenvalue weighted by molar-refractivity contribution is 6.06. The van der Waals surface area contributed by atoms with Crippen LogP contribution in [-0.4, -0.2) is 45.9 Å². The SMILES string of the molecule is NC(=O)c1ncccc1OC[C@H]1CCCN1C(=O)c1c[nH]c2ccccc12. The number of pyridine rings is 1. The molecule has 138 valence electrons. The number of hydrogen-bond acceptors (Lipinski definition) is 4. The van der Waals surface area contributed by atoms with Crippen LogP contribution in [0.2, 0.25) is 0 Å². The third-order valence-corrected chi connectivity index (χ3v) is 4.89. The maximum absolute atomic E-state index is 13.1. The van der Waals surface area contributed by atoms with Gasteiger partial charge >= 0.3 is 0 Å². The van der Waals surface area contributed by atoms with Crippen LogP contribution in [-0.2, 0) is 0 Å². The lowest BCUT2D eigenvalue weighted by molar-refractivity contribution is 0.0691. The molecule has 7 heteroatoms. The minimum absolute atomic E-state index is 0.0140. The molecule has 1 fully saturated rings. The fraction of sp³-hybridized carbons (Fsp3) is 0.250. The fourth-order valence-electron chi connectivity index (χ4n) is 3.56. The standard InChI is InChI=1S/C20H20N4O3/c21-19(25)18-17(8-3-9-22-18)27-12-13-5-4-10-24(13)20(26)15-11-23-16-7-2-1-6-14(15)16/h1-3,6-9,11,13,23H,4-5,10,12H2,(H2,21,25)/t13-/m1/s1. The summed E-state index contributed by atoms with van der Waals surface area (Å²) in [6, 6.07) is 11.0. The normalized spacial score (nSPS) is 16.6. The van der Waals surface area contributed by atoms with Gasteiger partial charge in [0.1, 0.15) is 6.61 Å². The van der Waals surface area contributed by atoms with Gasteiger partial charge in [-0.2, -0.15) is 0 Å². The van der Waals surface area contributed by atoms with E-state index >= 15 is 0 Å². The predicted molar refractivity (Wildman–Crippen MR) is 101 cm³/mol. The number of benzene rings is 1. The van der Waals surface area contributed by atoms with Gasteiger partial charge in [0.25, 0.3) is 11.8 Å². The average molecular weight is 364 g/mol. The van der Waals surface area contributed by atoms with Crippen molar-refractivity contribution in [3.05, 3.63) is 60.0 Å². The number of fused-ring (bicyclic) bond motifs is 1. The van der Waals surface area contributed by atoms with Crippen molar-refractivity contribution in [2.24, 2.45) is 5.73 Å². The molecule has 1 aromatic carbocycles. The number of hydrogen-bond donors (Lipinski definition) is 2. The third kappa shape index (κ3) is 3.23. The Morgan fingerprint density at radius 2 is 2.11 bits per heavy atom. The van der Waals surface area contributed by atoms with Gasteiger partial charge in [-0.25, -0.2) is 4.98 Å². The number of rotatable bonds is 5. The minimum Gasteiger partial charge on any atom is -0.489 e. The lowest BCUT2D eigenvalue weighted by Gasteiger charge is -2.25. The molecule has 2 amide bonds. The van der Waals surface area contributed by atoms with Crippen molar-refractivity contribution in [1.29, 1.82) is 0 Å². The number of aromatic amines is 1. The molecule has 1 aliphatic heterocycles. The second kappa shape index (κ2) is 7.11. The first-order valence-corrected chi connectivity index (χ1v) is 8.90. The Kier molecular flexibility index (Phi) is 4.50. The van der Waals surface area contributed by atoms with Crippen LogP contribution in [0.5, 0.6) is 5.75 Å². The molecule has 3 N–H and O–H groups in total. The number of nitrogens with one attached hydrogen (secondary N) is 1. The molecule has 1 saturated heterocycles. The first kappa shape index (κ1) is 17.1. The molecule has 4 rings (SSSR count). The van der Waals surface area contributed by atoms with E-state index in [2.05, 4.69) is 9.97 Å². The minimum atomic E-state index is -0.635. The Bertz CT molecular complexity index is 998. The third-order valence-electron chi connectivity index (χ3n) is 4.89. The van der Waals surface area contributed by atoms with Gasteiger partial charge in [-0.3, -0.25) is 9.59 Å². The summed E-state index contributed by atoms with van der Waals surface area (Å²) < 4.78 is 5.80. The second-order valence-electron chi connectivity index (χ2n) is 6.57. The molecule has 2 aromatic heterocycles. The molecule has 0 unspecified atom stereocenters. The van der Waals surface area contributed by atoms with Gasteiger partial charge in [-0.05, 0) is 31.0 Å². The van der Waals surface area contributed by atoms with E-state index < -0.39 is 5.91 Å². The van der Waals surface area contributed by atoms with Crippen molar-refractivity contribution in [3.8, 4) is 5.75 Å². The predicted octanol–water partition coefficient (Wildman–Crippen LogP) is 2.35. The van der Waals surface area contributed by atoms with Gasteiger partial charge in [0.15, 0.2) is 11.4 Å². The quantitative estimate of drug-likeness (QED) is 0.725. The number of carbonyl (C=O) groups excluding carboxylic acids is 2. The van der Waals surface area contributed by atoms with Crippen LogP contribution in [0.1, 0.15) is 33.7 Å². The Morgan fingerprint density at radius 3 is 2.96 bits per heavy atom. The molecule has 3 aromatic rings. The molecule has 1 atom stereocenters. The Balaban J connectivity index is 1.51. The van der Waals surface area contributed by atoms with Crippen molar-refractivity contribution in [3.63, 3.8) is 0 Å². The van der Waals surface area contributed by atoms with E-state index in [0.717, 1.165) is 23.7 Å². The monoisotopic (exact) mass is 364 g/mol. The van der Waals surface area contributed by atoms with Crippen LogP contribution >= 0.6 is 0 Å². The molecule has 0 radical (unpaired) electrons. The van der Waals surface area contributed by atoms with Gasteiger partial charge in [-0.15, -0.1) is 0 Å². The number of carbonyl (C=O) groups is 2. The summed E-state index contributed by atoms with van der Waals surface area (Å²) in [5.41, 5.74) is 7.05. The van der Waals surface area contributed by atoms with Crippen molar-refractivity contribution in [2.45, 2.75) is 18.9 Å². The van der Waals surface area contributed by atoms with E-state index in [9.17, 15) is 9.59 Å². The summed E-state index contributed by atoms with van der Waals surface area (Å²) in [6.45, 7) is 0.974. The van der Waals surface area contributed by atoms with Crippen LogP contribution in [0.15, 0.2) is 48.8 Å². The van der Waals surface area contributed by atoms with E-state index in [1.165, 1.54) is 6.20 Å². The maximum atomic E-state index is 13.1. The molecule has 0 spiro atoms. The molecule has 3 heterocycles. The van der Waals surface area contributed by atoms with Crippen LogP contribution in [0.4, 0.5) is 0 Å². The van der Waals surface area contributed by atoms with Crippen LogP contribution < -0.4 is 10.5 Å². The summed E-state index contributed by atoms with van der Waals surface area (Å²) in [7, 11) is 0. The lowest BCUT2D eigenvalue weighted by atomic mass is 10.1. The molecule has 0 saturated carbocycles. The van der Waals surface area contributed by atoms with E-state index in [1.807, 2.05) is 29.2 Å². The van der Waals surface area contributed by atoms with E-state index in [0.29, 0.717) is 24.5 Å². The molecular formula is C20H20N4O3. The smallest absolute Gasteiger partial charge is 0.271 e. The van der Waals surface area contributed by atoms with Crippen LogP contribution in [0, 0.1) is 0 Å². The Labute approximate surface area is 156 Å². The highest BCUT2D eigenvalue weighted by Gasteiger charge is 2.31. The molecule has 0 aliphatic carbocycles. The van der Waals surface area contributed by atoms with Gasteiger partial charge in [0, 0.05) is 29.8 Å². The number of H-pyrrole nitrogens is 1. The topological polar surface area (TPSA) is 101 Å². The van der Waals surface area contributed by atoms with Gasteiger partial charge in [-0.1, -0.05) is 18.2 Å². The lowest BCUT2D eigenvalue weighted by Crippen LogP contribution is -2.39. The zero-order chi connectivity index (χ0) is 18.8. The second-order valence-corrected chi connectivity index (χ2v) is 6.57. The largest absolute Gasteiger partial charge is 0.489 e. The number of nitrogens with zero attached hydrogens (tertiary/aromatic N) is 2. The van der Waals surface area contributed by atoms with Crippen molar-refractivity contribution < 1.29 is 14.3 Å². The van der Waals surface area contributed by atoms with Crippen molar-refractivity contribution in [2.75, 3.05) is 13.2 Å². The first-order chi connectivity index (χ1) is 13.1. The molecule has 7 nitrogen and oxygen atoms in total. The van der Waals surface area contributed by atoms with Crippen molar-refractivity contribution >= 4 is 22.7 Å². The summed E-state index contributed by atoms with van der Waals surface area (Å²) in [4.78, 5) is 33.5. The van der Waals surface area contributed by atoms with E-state index in [4.69, 9.17) is 10.5 Å². The summed E-state index contributed by atoms with van der Waals surface area (Å²) in [5, 5.41) is 0.914. The number of nitrogens with two attached hydrogens (primary N) is 1. The Hall–Kier alpha value is -3.35. The number of para-hydroxylation sites is 1. The summed E-state index contributed by atoms with van der Waals surface area (Å²) in [6.07, 6.45) is 5.02. The molecule has 27 heavy (non-hydrogen) atoms. The van der Waals surface area contributed by atoms with Crippen LogP contribution in [0.3, 0.4) is 0 Å². The molecule has 0 bridgehead atoms. The zero-order valence-corrected chi connectivity index (χ0v) is 14.7. The number of amides is 2. The van der Waals surface area contributed by atoms with Gasteiger partial charge < -0.3 is 20.4 Å². The van der Waals surface area contributed by atoms with Crippen molar-refractivity contribution in [1.82, 2.24) is 14.9 Å². The fourth-order valence-corrected chi connectivity index (χ4v) is 3.56.